The van der Waals surface area contributed by atoms with Crippen LogP contribution in [0.2, 0.25) is 0 Å². The van der Waals surface area contributed by atoms with Crippen molar-refractivity contribution < 1.29 is 14.7 Å². The number of nitrogens with one attached hydrogen (secondary N) is 2. The number of carbonyl (C=O) groups is 2. The van der Waals surface area contributed by atoms with Crippen molar-refractivity contribution in [2.24, 2.45) is 0 Å². The zero-order valence-electron chi connectivity index (χ0n) is 11.9. The van der Waals surface area contributed by atoms with Crippen LogP contribution in [0.25, 0.3) is 0 Å². The van der Waals surface area contributed by atoms with Crippen LogP contribution in [0.3, 0.4) is 0 Å². The Morgan fingerprint density at radius 1 is 1.23 bits per heavy atom. The maximum atomic E-state index is 12.6. The number of phenols is 1. The van der Waals surface area contributed by atoms with Gasteiger partial charge in [-0.05, 0) is 24.3 Å². The number of rotatable bonds is 2. The average Bonchev–Trinajstić information content (AvgIpc) is 2.49. The van der Waals surface area contributed by atoms with Gasteiger partial charge in [-0.25, -0.2) is 5.01 Å². The lowest BCUT2D eigenvalue weighted by molar-refractivity contribution is -0.123. The van der Waals surface area contributed by atoms with E-state index in [0.29, 0.717) is 16.8 Å². The van der Waals surface area contributed by atoms with Gasteiger partial charge in [-0.3, -0.25) is 15.0 Å². The lowest BCUT2D eigenvalue weighted by Crippen LogP contribution is -2.52. The average molecular weight is 297 g/mol. The Morgan fingerprint density at radius 3 is 2.73 bits per heavy atom. The van der Waals surface area contributed by atoms with Gasteiger partial charge in [0.25, 0.3) is 5.91 Å². The summed E-state index contributed by atoms with van der Waals surface area (Å²) in [5.74, 6) is -0.564. The molecule has 1 aliphatic rings. The van der Waals surface area contributed by atoms with Crippen LogP contribution in [0.4, 0.5) is 5.69 Å². The summed E-state index contributed by atoms with van der Waals surface area (Å²) in [4.78, 5) is 24.1. The third-order valence-corrected chi connectivity index (χ3v) is 3.39. The van der Waals surface area contributed by atoms with Crippen molar-refractivity contribution in [2.45, 2.75) is 13.1 Å². The van der Waals surface area contributed by atoms with Crippen LogP contribution in [0.5, 0.6) is 5.75 Å². The van der Waals surface area contributed by atoms with Gasteiger partial charge in [0.15, 0.2) is 0 Å². The van der Waals surface area contributed by atoms with E-state index >= 15 is 0 Å². The van der Waals surface area contributed by atoms with Crippen molar-refractivity contribution in [2.75, 3.05) is 5.32 Å². The summed E-state index contributed by atoms with van der Waals surface area (Å²) < 4.78 is 0. The molecule has 1 aliphatic heterocycles. The molecule has 0 radical (unpaired) electrons. The number of phenolic OH excluding ortho intramolecular Hbond substituents is 1. The summed E-state index contributed by atoms with van der Waals surface area (Å²) in [5.41, 5.74) is 4.37. The molecule has 1 heterocycles. The van der Waals surface area contributed by atoms with Crippen LogP contribution < -0.4 is 10.7 Å². The highest BCUT2D eigenvalue weighted by atomic mass is 16.3. The van der Waals surface area contributed by atoms with Gasteiger partial charge in [-0.1, -0.05) is 24.3 Å². The van der Waals surface area contributed by atoms with Crippen molar-refractivity contribution >= 4 is 17.5 Å². The molecule has 2 aromatic rings. The van der Waals surface area contributed by atoms with Crippen molar-refractivity contribution in [3.05, 3.63) is 59.7 Å². The van der Waals surface area contributed by atoms with Crippen molar-refractivity contribution in [1.82, 2.24) is 10.4 Å². The van der Waals surface area contributed by atoms with Gasteiger partial charge in [0.05, 0.1) is 5.56 Å². The first kappa shape index (κ1) is 13.9. The van der Waals surface area contributed by atoms with Gasteiger partial charge in [-0.15, -0.1) is 0 Å². The summed E-state index contributed by atoms with van der Waals surface area (Å²) in [5, 5.41) is 14.1. The lowest BCUT2D eigenvalue weighted by atomic mass is 10.0. The molecule has 22 heavy (non-hydrogen) atoms. The standard InChI is InChI=1S/C16H15N3O3/c1-10(20)18-19-15(11-5-4-6-12(21)9-11)17-14-8-3-2-7-13(14)16(19)22/h2-9,15,17,21H,1H3,(H,18,20)/t15-/m0/s1. The molecular weight excluding hydrogens is 282 g/mol. The predicted molar refractivity (Wildman–Crippen MR) is 80.9 cm³/mol. The number of hydrazine groups is 1. The molecule has 2 amide bonds. The van der Waals surface area contributed by atoms with E-state index in [2.05, 4.69) is 10.7 Å². The van der Waals surface area contributed by atoms with Crippen molar-refractivity contribution in [3.63, 3.8) is 0 Å². The molecule has 0 spiro atoms. The molecule has 0 bridgehead atoms. The monoisotopic (exact) mass is 297 g/mol. The number of amides is 2. The van der Waals surface area contributed by atoms with E-state index in [1.807, 2.05) is 6.07 Å². The first-order valence-corrected chi connectivity index (χ1v) is 6.81. The van der Waals surface area contributed by atoms with Crippen molar-refractivity contribution in [1.29, 1.82) is 0 Å². The first-order valence-electron chi connectivity index (χ1n) is 6.81. The number of carbonyl (C=O) groups excluding carboxylic acids is 2. The molecule has 3 rings (SSSR count). The Kier molecular flexibility index (Phi) is 3.42. The Balaban J connectivity index is 2.06. The van der Waals surface area contributed by atoms with Gasteiger partial charge < -0.3 is 10.4 Å². The Hall–Kier alpha value is -3.02. The fourth-order valence-corrected chi connectivity index (χ4v) is 2.47. The summed E-state index contributed by atoms with van der Waals surface area (Å²) in [6, 6.07) is 13.6. The summed E-state index contributed by atoms with van der Waals surface area (Å²) in [7, 11) is 0. The zero-order valence-corrected chi connectivity index (χ0v) is 11.9. The summed E-state index contributed by atoms with van der Waals surface area (Å²) >= 11 is 0. The highest BCUT2D eigenvalue weighted by Gasteiger charge is 2.33. The Morgan fingerprint density at radius 2 is 2.00 bits per heavy atom. The molecule has 2 aromatic carbocycles. The second-order valence-electron chi connectivity index (χ2n) is 5.03. The van der Waals surface area contributed by atoms with Crippen LogP contribution in [0, 0.1) is 0 Å². The van der Waals surface area contributed by atoms with Gasteiger partial charge in [0.1, 0.15) is 11.9 Å². The van der Waals surface area contributed by atoms with E-state index in [4.69, 9.17) is 0 Å². The molecule has 112 valence electrons. The normalized spacial score (nSPS) is 16.7. The molecule has 0 aromatic heterocycles. The molecule has 6 heteroatoms. The van der Waals surface area contributed by atoms with Gasteiger partial charge >= 0.3 is 0 Å². The number of nitrogens with zero attached hydrogens (tertiary/aromatic N) is 1. The van der Waals surface area contributed by atoms with Crippen molar-refractivity contribution in [3.8, 4) is 5.75 Å². The van der Waals surface area contributed by atoms with Crippen LogP contribution >= 0.6 is 0 Å². The molecule has 6 nitrogen and oxygen atoms in total. The smallest absolute Gasteiger partial charge is 0.276 e. The Labute approximate surface area is 127 Å². The molecule has 0 unspecified atom stereocenters. The molecule has 0 saturated carbocycles. The SMILES string of the molecule is CC(=O)NN1C(=O)c2ccccc2N[C@@H]1c1cccc(O)c1. The number of hydrogen-bond donors (Lipinski definition) is 3. The minimum absolute atomic E-state index is 0.0911. The predicted octanol–water partition coefficient (Wildman–Crippen LogP) is 2.01. The maximum Gasteiger partial charge on any atom is 0.276 e. The molecule has 0 fully saturated rings. The first-order chi connectivity index (χ1) is 10.6. The van der Waals surface area contributed by atoms with E-state index in [-0.39, 0.29) is 17.6 Å². The lowest BCUT2D eigenvalue weighted by Gasteiger charge is -2.37. The molecular formula is C16H15N3O3. The highest BCUT2D eigenvalue weighted by Crippen LogP contribution is 2.32. The van der Waals surface area contributed by atoms with Gasteiger partial charge in [0.2, 0.25) is 5.91 Å². The second-order valence-corrected chi connectivity index (χ2v) is 5.03. The third kappa shape index (κ3) is 2.46. The van der Waals surface area contributed by atoms with E-state index in [9.17, 15) is 14.7 Å². The van der Waals surface area contributed by atoms with Gasteiger partial charge in [-0.2, -0.15) is 0 Å². The highest BCUT2D eigenvalue weighted by molar-refractivity contribution is 6.02. The quantitative estimate of drug-likeness (QED) is 0.792. The maximum absolute atomic E-state index is 12.6. The number of para-hydroxylation sites is 1. The number of fused-ring (bicyclic) bond motifs is 1. The van der Waals surface area contributed by atoms with Crippen LogP contribution in [0.1, 0.15) is 29.0 Å². The minimum atomic E-state index is -0.599. The topological polar surface area (TPSA) is 81.7 Å². The summed E-state index contributed by atoms with van der Waals surface area (Å²) in [6.45, 7) is 1.34. The van der Waals surface area contributed by atoms with Crippen LogP contribution in [0.15, 0.2) is 48.5 Å². The molecule has 0 saturated heterocycles. The zero-order chi connectivity index (χ0) is 15.7. The fourth-order valence-electron chi connectivity index (χ4n) is 2.47. The summed E-state index contributed by atoms with van der Waals surface area (Å²) in [6.07, 6.45) is -0.599. The third-order valence-electron chi connectivity index (χ3n) is 3.39. The number of hydrogen-bond acceptors (Lipinski definition) is 4. The van der Waals surface area contributed by atoms with E-state index < -0.39 is 6.17 Å². The van der Waals surface area contributed by atoms with Gasteiger partial charge in [0, 0.05) is 18.2 Å². The van der Waals surface area contributed by atoms with E-state index in [1.165, 1.54) is 11.9 Å². The van der Waals surface area contributed by atoms with Crippen LogP contribution in [-0.2, 0) is 4.79 Å². The number of benzene rings is 2. The Bertz CT molecular complexity index is 745. The second kappa shape index (κ2) is 5.40. The number of aromatic hydroxyl groups is 1. The fraction of sp³-hybridized carbons (Fsp3) is 0.125. The molecule has 3 N–H and O–H groups in total. The molecule has 0 aliphatic carbocycles. The largest absolute Gasteiger partial charge is 0.508 e. The molecule has 1 atom stereocenters. The van der Waals surface area contributed by atoms with E-state index in [1.54, 1.807) is 42.5 Å². The minimum Gasteiger partial charge on any atom is -0.508 e. The van der Waals surface area contributed by atoms with E-state index in [0.717, 1.165) is 0 Å². The number of anilines is 1. The van der Waals surface area contributed by atoms with Crippen LogP contribution in [-0.4, -0.2) is 21.9 Å².